The number of nitrogens with one attached hydrogen (secondary N) is 1. The Bertz CT molecular complexity index is 1020. The molecule has 128 valence electrons. The summed E-state index contributed by atoms with van der Waals surface area (Å²) in [6.07, 6.45) is 0. The summed E-state index contributed by atoms with van der Waals surface area (Å²) in [6, 6.07) is 12.9. The van der Waals surface area contributed by atoms with Gasteiger partial charge in [-0.2, -0.15) is 0 Å². The highest BCUT2D eigenvalue weighted by Crippen LogP contribution is 2.42. The summed E-state index contributed by atoms with van der Waals surface area (Å²) in [5.41, 5.74) is 2.17. The number of hydrogen-bond donors (Lipinski definition) is 1. The number of carbonyl (C=O) groups is 1. The molecule has 2 aliphatic heterocycles. The number of anilines is 2. The fourth-order valence-corrected chi connectivity index (χ4v) is 5.45. The average molecular weight is 485 g/mol. The maximum absolute atomic E-state index is 12.5. The molecule has 6 nitrogen and oxygen atoms in total. The number of para-hydroxylation sites is 1. The van der Waals surface area contributed by atoms with E-state index in [-0.39, 0.29) is 11.7 Å². The lowest BCUT2D eigenvalue weighted by Crippen LogP contribution is -2.35. The van der Waals surface area contributed by atoms with Crippen molar-refractivity contribution in [1.82, 2.24) is 0 Å². The number of sulfonamides is 1. The largest absolute Gasteiger partial charge is 0.321 e. The van der Waals surface area contributed by atoms with Gasteiger partial charge in [-0.25, -0.2) is 8.42 Å². The van der Waals surface area contributed by atoms with Gasteiger partial charge in [0.05, 0.1) is 17.1 Å². The number of thioether (sulfide) groups is 1. The summed E-state index contributed by atoms with van der Waals surface area (Å²) in [5, 5.41) is 3.35. The molecule has 0 saturated heterocycles. The Morgan fingerprint density at radius 2 is 2.04 bits per heavy atom. The molecule has 0 saturated carbocycles. The first-order valence-electron chi connectivity index (χ1n) is 7.41. The van der Waals surface area contributed by atoms with Crippen LogP contribution in [-0.4, -0.2) is 31.8 Å². The monoisotopic (exact) mass is 485 g/mol. The Morgan fingerprint density at radius 1 is 1.24 bits per heavy atom. The molecule has 2 aromatic rings. The quantitative estimate of drug-likeness (QED) is 0.662. The van der Waals surface area contributed by atoms with Crippen LogP contribution in [0.3, 0.4) is 0 Å². The van der Waals surface area contributed by atoms with Crippen LogP contribution in [0.5, 0.6) is 0 Å². The number of hydrogen-bond acceptors (Lipinski definition) is 5. The Balaban J connectivity index is 1.62. The summed E-state index contributed by atoms with van der Waals surface area (Å²) in [5.74, 6) is -0.197. The molecule has 9 heteroatoms. The van der Waals surface area contributed by atoms with Crippen molar-refractivity contribution in [3.63, 3.8) is 0 Å². The molecule has 0 bridgehead atoms. The smallest absolute Gasteiger partial charge is 0.257 e. The molecule has 2 aliphatic rings. The van der Waals surface area contributed by atoms with Gasteiger partial charge in [0.1, 0.15) is 0 Å². The first-order valence-corrected chi connectivity index (χ1v) is 10.9. The predicted octanol–water partition coefficient (Wildman–Crippen LogP) is 3.16. The zero-order valence-electron chi connectivity index (χ0n) is 12.8. The molecule has 1 amide bonds. The van der Waals surface area contributed by atoms with E-state index in [0.717, 1.165) is 19.8 Å². The second-order valence-corrected chi connectivity index (χ2v) is 9.46. The van der Waals surface area contributed by atoms with Crippen molar-refractivity contribution in [2.24, 2.45) is 4.40 Å². The van der Waals surface area contributed by atoms with Crippen LogP contribution in [0.4, 0.5) is 11.4 Å². The van der Waals surface area contributed by atoms with Gasteiger partial charge in [-0.3, -0.25) is 4.79 Å². The fraction of sp³-hybridized carbons (Fsp3) is 0.125. The van der Waals surface area contributed by atoms with Crippen molar-refractivity contribution in [3.8, 4) is 0 Å². The highest BCUT2D eigenvalue weighted by Gasteiger charge is 2.33. The number of nitrogens with zero attached hydrogens (tertiary/aromatic N) is 2. The summed E-state index contributed by atoms with van der Waals surface area (Å²) < 4.78 is 28.1. The van der Waals surface area contributed by atoms with Crippen LogP contribution < -0.4 is 10.2 Å². The van der Waals surface area contributed by atoms with Crippen molar-refractivity contribution >= 4 is 66.8 Å². The molecular formula is C16H12IN3O3S2. The second-order valence-electron chi connectivity index (χ2n) is 5.53. The molecule has 0 aromatic heterocycles. The SMILES string of the molecule is O=C(Nc1ccccc1I)c1ccc2c(c1)SC1=NS(=O)(=O)CCN12. The lowest BCUT2D eigenvalue weighted by molar-refractivity contribution is 0.102. The number of amidine groups is 1. The lowest BCUT2D eigenvalue weighted by Gasteiger charge is -2.22. The lowest BCUT2D eigenvalue weighted by atomic mass is 10.1. The number of halogens is 1. The van der Waals surface area contributed by atoms with E-state index in [1.54, 1.807) is 12.1 Å². The van der Waals surface area contributed by atoms with Crippen molar-refractivity contribution in [3.05, 3.63) is 51.6 Å². The van der Waals surface area contributed by atoms with Crippen molar-refractivity contribution in [2.45, 2.75) is 4.90 Å². The van der Waals surface area contributed by atoms with Crippen molar-refractivity contribution in [1.29, 1.82) is 0 Å². The topological polar surface area (TPSA) is 78.8 Å². The summed E-state index contributed by atoms with van der Waals surface area (Å²) in [4.78, 5) is 15.2. The van der Waals surface area contributed by atoms with Gasteiger partial charge in [-0.05, 0) is 64.7 Å². The maximum atomic E-state index is 12.5. The standard InChI is InChI=1S/C16H12IN3O3S2/c17-11-3-1-2-4-12(11)18-15(21)10-5-6-13-14(9-10)24-16-19-25(22,23)8-7-20(13)16/h1-6,9H,7-8H2,(H,18,21). The second kappa shape index (κ2) is 6.29. The molecule has 2 heterocycles. The molecule has 0 fully saturated rings. The van der Waals surface area contributed by atoms with Crippen LogP contribution in [0.2, 0.25) is 0 Å². The zero-order valence-corrected chi connectivity index (χ0v) is 16.6. The maximum Gasteiger partial charge on any atom is 0.257 e. The van der Waals surface area contributed by atoms with Crippen molar-refractivity contribution < 1.29 is 13.2 Å². The molecule has 0 radical (unpaired) electrons. The van der Waals surface area contributed by atoms with Gasteiger partial charge < -0.3 is 10.2 Å². The van der Waals surface area contributed by atoms with E-state index >= 15 is 0 Å². The number of rotatable bonds is 2. The van der Waals surface area contributed by atoms with Gasteiger partial charge in [-0.1, -0.05) is 12.1 Å². The van der Waals surface area contributed by atoms with E-state index in [2.05, 4.69) is 32.3 Å². The van der Waals surface area contributed by atoms with Gasteiger partial charge in [0, 0.05) is 20.6 Å². The van der Waals surface area contributed by atoms with Gasteiger partial charge in [0.2, 0.25) is 0 Å². The molecule has 0 unspecified atom stereocenters. The normalized spacial score (nSPS) is 17.5. The van der Waals surface area contributed by atoms with E-state index < -0.39 is 10.0 Å². The third-order valence-electron chi connectivity index (χ3n) is 3.86. The fourth-order valence-electron chi connectivity index (χ4n) is 2.63. The minimum atomic E-state index is -3.38. The van der Waals surface area contributed by atoms with Gasteiger partial charge in [0.15, 0.2) is 5.17 Å². The van der Waals surface area contributed by atoms with Gasteiger partial charge in [0.25, 0.3) is 15.9 Å². The van der Waals surface area contributed by atoms with E-state index in [9.17, 15) is 13.2 Å². The van der Waals surface area contributed by atoms with E-state index in [1.807, 2.05) is 35.2 Å². The molecule has 4 rings (SSSR count). The van der Waals surface area contributed by atoms with E-state index in [4.69, 9.17) is 0 Å². The first kappa shape index (κ1) is 16.9. The highest BCUT2D eigenvalue weighted by atomic mass is 127. The van der Waals surface area contributed by atoms with Crippen LogP contribution in [-0.2, 0) is 10.0 Å². The summed E-state index contributed by atoms with van der Waals surface area (Å²) in [6.45, 7) is 0.384. The molecule has 0 aliphatic carbocycles. The number of carbonyl (C=O) groups excluding carboxylic acids is 1. The highest BCUT2D eigenvalue weighted by molar-refractivity contribution is 14.1. The third kappa shape index (κ3) is 3.27. The molecular weight excluding hydrogens is 473 g/mol. The van der Waals surface area contributed by atoms with E-state index in [1.165, 1.54) is 11.8 Å². The average Bonchev–Trinajstić information content (AvgIpc) is 2.91. The minimum absolute atomic E-state index is 0.00514. The van der Waals surface area contributed by atoms with Crippen LogP contribution in [0.15, 0.2) is 51.8 Å². The Morgan fingerprint density at radius 3 is 2.84 bits per heavy atom. The van der Waals surface area contributed by atoms with Crippen molar-refractivity contribution in [2.75, 3.05) is 22.5 Å². The Hall–Kier alpha value is -1.59. The van der Waals surface area contributed by atoms with Crippen LogP contribution >= 0.6 is 34.4 Å². The molecule has 2 aromatic carbocycles. The van der Waals surface area contributed by atoms with E-state index in [0.29, 0.717) is 17.3 Å². The number of amides is 1. The van der Waals surface area contributed by atoms with Gasteiger partial charge >= 0.3 is 0 Å². The first-order chi connectivity index (χ1) is 11.9. The Kier molecular flexibility index (Phi) is 4.24. The Labute approximate surface area is 162 Å². The minimum Gasteiger partial charge on any atom is -0.321 e. The third-order valence-corrected chi connectivity index (χ3v) is 7.10. The van der Waals surface area contributed by atoms with Crippen LogP contribution in [0.25, 0.3) is 0 Å². The van der Waals surface area contributed by atoms with Crippen LogP contribution in [0, 0.1) is 3.57 Å². The predicted molar refractivity (Wildman–Crippen MR) is 108 cm³/mol. The molecule has 1 N–H and O–H groups in total. The number of fused-ring (bicyclic) bond motifs is 3. The number of benzene rings is 2. The zero-order chi connectivity index (χ0) is 17.6. The molecule has 0 spiro atoms. The molecule has 25 heavy (non-hydrogen) atoms. The van der Waals surface area contributed by atoms with Gasteiger partial charge in [-0.15, -0.1) is 4.40 Å². The summed E-state index contributed by atoms with van der Waals surface area (Å²) in [7, 11) is -3.38. The summed E-state index contributed by atoms with van der Waals surface area (Å²) >= 11 is 3.45. The van der Waals surface area contributed by atoms with Crippen LogP contribution in [0.1, 0.15) is 10.4 Å². The molecule has 0 atom stereocenters.